The van der Waals surface area contributed by atoms with E-state index in [2.05, 4.69) is 5.32 Å². The lowest BCUT2D eigenvalue weighted by Crippen LogP contribution is -2.08. The molecule has 6 nitrogen and oxygen atoms in total. The van der Waals surface area contributed by atoms with Crippen molar-refractivity contribution in [2.24, 2.45) is 0 Å². The molecule has 0 saturated carbocycles. The fraction of sp³-hybridized carbons (Fsp3) is 0.0833. The number of carbonyl (C=O) groups excluding carboxylic acids is 1. The number of pyridine rings is 1. The Labute approximate surface area is 173 Å². The van der Waals surface area contributed by atoms with Gasteiger partial charge in [0.25, 0.3) is 0 Å². The van der Waals surface area contributed by atoms with Gasteiger partial charge >= 0.3 is 0 Å². The molecule has 0 fully saturated rings. The Hall–Kier alpha value is -4.06. The molecule has 0 atom stereocenters. The maximum atomic E-state index is 12.5. The van der Waals surface area contributed by atoms with E-state index in [1.54, 1.807) is 6.08 Å². The minimum Gasteiger partial charge on any atom is -0.454 e. The SMILES string of the molecule is Cc1cccn2cc(-c3ccccc3NC(=O)/C=C/c3ccc4c(c3)OCO4)nc12. The number of carbonyl (C=O) groups is 1. The molecule has 3 heterocycles. The van der Waals surface area contributed by atoms with Gasteiger partial charge in [0, 0.05) is 24.0 Å². The molecule has 0 unspecified atom stereocenters. The third-order valence-electron chi connectivity index (χ3n) is 4.96. The summed E-state index contributed by atoms with van der Waals surface area (Å²) in [5.41, 5.74) is 5.23. The molecule has 0 bridgehead atoms. The van der Waals surface area contributed by atoms with Gasteiger partial charge < -0.3 is 19.2 Å². The van der Waals surface area contributed by atoms with Crippen LogP contribution in [0.15, 0.2) is 73.1 Å². The number of anilines is 1. The van der Waals surface area contributed by atoms with Crippen molar-refractivity contribution in [3.05, 3.63) is 84.2 Å². The van der Waals surface area contributed by atoms with Crippen molar-refractivity contribution >= 4 is 23.3 Å². The number of benzene rings is 2. The van der Waals surface area contributed by atoms with E-state index < -0.39 is 0 Å². The number of aryl methyl sites for hydroxylation is 1. The number of ether oxygens (including phenoxy) is 2. The van der Waals surface area contributed by atoms with Gasteiger partial charge in [0.1, 0.15) is 5.65 Å². The van der Waals surface area contributed by atoms with E-state index in [0.29, 0.717) is 17.2 Å². The van der Waals surface area contributed by atoms with Gasteiger partial charge in [-0.25, -0.2) is 4.98 Å². The largest absolute Gasteiger partial charge is 0.454 e. The maximum absolute atomic E-state index is 12.5. The number of fused-ring (bicyclic) bond motifs is 2. The number of aromatic nitrogens is 2. The molecule has 30 heavy (non-hydrogen) atoms. The molecule has 1 amide bonds. The highest BCUT2D eigenvalue weighted by Gasteiger charge is 2.13. The molecular weight excluding hydrogens is 378 g/mol. The monoisotopic (exact) mass is 397 g/mol. The number of nitrogens with zero attached hydrogens (tertiary/aromatic N) is 2. The summed E-state index contributed by atoms with van der Waals surface area (Å²) in [7, 11) is 0. The highest BCUT2D eigenvalue weighted by Crippen LogP contribution is 2.33. The van der Waals surface area contributed by atoms with E-state index in [9.17, 15) is 4.79 Å². The van der Waals surface area contributed by atoms with Crippen LogP contribution in [0.2, 0.25) is 0 Å². The zero-order valence-corrected chi connectivity index (χ0v) is 16.3. The molecule has 2 aromatic carbocycles. The Balaban J connectivity index is 1.38. The fourth-order valence-electron chi connectivity index (χ4n) is 3.46. The summed E-state index contributed by atoms with van der Waals surface area (Å²) in [5.74, 6) is 1.18. The quantitative estimate of drug-likeness (QED) is 0.508. The lowest BCUT2D eigenvalue weighted by Gasteiger charge is -2.07. The first-order valence-electron chi connectivity index (χ1n) is 9.60. The van der Waals surface area contributed by atoms with Crippen LogP contribution in [-0.2, 0) is 4.79 Å². The number of amides is 1. The molecule has 1 aliphatic rings. The average Bonchev–Trinajstić information content (AvgIpc) is 3.40. The van der Waals surface area contributed by atoms with Crippen molar-refractivity contribution in [2.45, 2.75) is 6.92 Å². The first kappa shape index (κ1) is 18.0. The van der Waals surface area contributed by atoms with Crippen LogP contribution in [0.3, 0.4) is 0 Å². The van der Waals surface area contributed by atoms with Crippen molar-refractivity contribution in [1.82, 2.24) is 9.38 Å². The Morgan fingerprint density at radius 1 is 1.10 bits per heavy atom. The number of imidazole rings is 1. The Morgan fingerprint density at radius 3 is 2.87 bits per heavy atom. The minimum absolute atomic E-state index is 0.222. The second-order valence-electron chi connectivity index (χ2n) is 7.03. The first-order valence-corrected chi connectivity index (χ1v) is 9.60. The molecule has 1 N–H and O–H groups in total. The number of hydrogen-bond donors (Lipinski definition) is 1. The van der Waals surface area contributed by atoms with Crippen molar-refractivity contribution < 1.29 is 14.3 Å². The Kier molecular flexibility index (Phi) is 4.44. The zero-order valence-electron chi connectivity index (χ0n) is 16.3. The van der Waals surface area contributed by atoms with Crippen LogP contribution in [0.4, 0.5) is 5.69 Å². The summed E-state index contributed by atoms with van der Waals surface area (Å²) in [6, 6.07) is 17.2. The topological polar surface area (TPSA) is 64.9 Å². The van der Waals surface area contributed by atoms with Crippen LogP contribution in [0.1, 0.15) is 11.1 Å². The fourth-order valence-corrected chi connectivity index (χ4v) is 3.46. The second kappa shape index (κ2) is 7.40. The summed E-state index contributed by atoms with van der Waals surface area (Å²) in [6.45, 7) is 2.25. The molecule has 2 aromatic heterocycles. The normalized spacial score (nSPS) is 12.6. The predicted octanol–water partition coefficient (Wildman–Crippen LogP) is 4.69. The van der Waals surface area contributed by atoms with E-state index in [4.69, 9.17) is 14.5 Å². The lowest BCUT2D eigenvalue weighted by molar-refractivity contribution is -0.111. The third-order valence-corrected chi connectivity index (χ3v) is 4.96. The number of para-hydroxylation sites is 1. The predicted molar refractivity (Wildman–Crippen MR) is 116 cm³/mol. The van der Waals surface area contributed by atoms with Crippen LogP contribution in [-0.4, -0.2) is 22.1 Å². The van der Waals surface area contributed by atoms with Gasteiger partial charge in [0.2, 0.25) is 12.7 Å². The molecule has 0 saturated heterocycles. The standard InChI is InChI=1S/C24H19N3O3/c1-16-5-4-12-27-14-20(26-24(16)27)18-6-2-3-7-19(18)25-23(28)11-9-17-8-10-21-22(13-17)30-15-29-21/h2-14H,15H2,1H3,(H,25,28)/b11-9+. The second-order valence-corrected chi connectivity index (χ2v) is 7.03. The highest BCUT2D eigenvalue weighted by atomic mass is 16.7. The minimum atomic E-state index is -0.222. The van der Waals surface area contributed by atoms with Gasteiger partial charge in [-0.1, -0.05) is 30.3 Å². The molecule has 0 spiro atoms. The maximum Gasteiger partial charge on any atom is 0.248 e. The number of rotatable bonds is 4. The van der Waals surface area contributed by atoms with Crippen molar-refractivity contribution in [1.29, 1.82) is 0 Å². The van der Waals surface area contributed by atoms with Crippen LogP contribution in [0, 0.1) is 6.92 Å². The van der Waals surface area contributed by atoms with E-state index in [0.717, 1.165) is 28.0 Å². The van der Waals surface area contributed by atoms with Crippen molar-refractivity contribution in [2.75, 3.05) is 12.1 Å². The number of hydrogen-bond acceptors (Lipinski definition) is 4. The molecule has 0 aliphatic carbocycles. The highest BCUT2D eigenvalue weighted by molar-refractivity contribution is 6.04. The molecule has 4 aromatic rings. The summed E-state index contributed by atoms with van der Waals surface area (Å²) >= 11 is 0. The smallest absolute Gasteiger partial charge is 0.248 e. The number of nitrogens with one attached hydrogen (secondary N) is 1. The van der Waals surface area contributed by atoms with Crippen LogP contribution < -0.4 is 14.8 Å². The van der Waals surface area contributed by atoms with E-state index >= 15 is 0 Å². The summed E-state index contributed by atoms with van der Waals surface area (Å²) in [6.07, 6.45) is 7.18. The summed E-state index contributed by atoms with van der Waals surface area (Å²) < 4.78 is 12.7. The zero-order chi connectivity index (χ0) is 20.5. The molecule has 6 heteroatoms. The Morgan fingerprint density at radius 2 is 1.97 bits per heavy atom. The van der Waals surface area contributed by atoms with E-state index in [1.807, 2.05) is 78.3 Å². The Bertz CT molecular complexity index is 1290. The van der Waals surface area contributed by atoms with Crippen LogP contribution in [0.25, 0.3) is 23.0 Å². The van der Waals surface area contributed by atoms with Crippen molar-refractivity contribution in [3.63, 3.8) is 0 Å². The van der Waals surface area contributed by atoms with Crippen molar-refractivity contribution in [3.8, 4) is 22.8 Å². The molecule has 0 radical (unpaired) electrons. The van der Waals surface area contributed by atoms with Gasteiger partial charge in [-0.15, -0.1) is 0 Å². The first-order chi connectivity index (χ1) is 14.7. The van der Waals surface area contributed by atoms with Gasteiger partial charge in [-0.3, -0.25) is 4.79 Å². The molecule has 1 aliphatic heterocycles. The van der Waals surface area contributed by atoms with Crippen LogP contribution in [0.5, 0.6) is 11.5 Å². The molecule has 148 valence electrons. The summed E-state index contributed by atoms with van der Waals surface area (Å²) in [4.78, 5) is 17.3. The lowest BCUT2D eigenvalue weighted by atomic mass is 10.1. The van der Waals surface area contributed by atoms with Gasteiger partial charge in [0.15, 0.2) is 11.5 Å². The molecule has 5 rings (SSSR count). The summed E-state index contributed by atoms with van der Waals surface area (Å²) in [5, 5.41) is 2.96. The van der Waals surface area contributed by atoms with E-state index in [1.165, 1.54) is 6.08 Å². The third kappa shape index (κ3) is 3.39. The van der Waals surface area contributed by atoms with Gasteiger partial charge in [-0.2, -0.15) is 0 Å². The van der Waals surface area contributed by atoms with Crippen LogP contribution >= 0.6 is 0 Å². The van der Waals surface area contributed by atoms with Gasteiger partial charge in [0.05, 0.1) is 11.4 Å². The molecular formula is C24H19N3O3. The average molecular weight is 397 g/mol. The van der Waals surface area contributed by atoms with E-state index in [-0.39, 0.29) is 12.7 Å². The van der Waals surface area contributed by atoms with Gasteiger partial charge in [-0.05, 0) is 48.4 Å².